The Bertz CT molecular complexity index is 551. The van der Waals surface area contributed by atoms with Crippen molar-refractivity contribution in [1.82, 2.24) is 4.90 Å². The summed E-state index contributed by atoms with van der Waals surface area (Å²) in [6, 6.07) is 7.87. The summed E-state index contributed by atoms with van der Waals surface area (Å²) >= 11 is 0. The predicted molar refractivity (Wildman–Crippen MR) is 97.5 cm³/mol. The number of carbonyl (C=O) groups excluding carboxylic acids is 1. The van der Waals surface area contributed by atoms with E-state index in [1.165, 1.54) is 25.7 Å². The second-order valence-corrected chi connectivity index (χ2v) is 7.13. The molecule has 0 spiro atoms. The number of aliphatic hydroxyl groups excluding tert-OH is 1. The maximum atomic E-state index is 12.5. The van der Waals surface area contributed by atoms with Crippen molar-refractivity contribution < 1.29 is 9.90 Å². The van der Waals surface area contributed by atoms with Crippen LogP contribution >= 0.6 is 0 Å². The van der Waals surface area contributed by atoms with E-state index in [9.17, 15) is 9.90 Å². The van der Waals surface area contributed by atoms with Gasteiger partial charge in [0.2, 0.25) is 0 Å². The molecule has 132 valence electrons. The Morgan fingerprint density at radius 1 is 1.25 bits per heavy atom. The van der Waals surface area contributed by atoms with E-state index in [1.807, 2.05) is 18.2 Å². The minimum absolute atomic E-state index is 0.156. The van der Waals surface area contributed by atoms with E-state index in [1.54, 1.807) is 11.9 Å². The molecular formula is C19H29N3O2. The van der Waals surface area contributed by atoms with Crippen LogP contribution in [0.4, 0.5) is 16.2 Å². The van der Waals surface area contributed by atoms with Crippen molar-refractivity contribution in [1.29, 1.82) is 0 Å². The van der Waals surface area contributed by atoms with Crippen molar-refractivity contribution in [3.05, 3.63) is 24.3 Å². The van der Waals surface area contributed by atoms with Gasteiger partial charge in [-0.3, -0.25) is 0 Å². The van der Waals surface area contributed by atoms with Crippen molar-refractivity contribution in [3.8, 4) is 0 Å². The van der Waals surface area contributed by atoms with Crippen molar-refractivity contribution in [2.75, 3.05) is 36.9 Å². The second kappa shape index (κ2) is 7.88. The fraction of sp³-hybridized carbons (Fsp3) is 0.632. The Morgan fingerprint density at radius 3 is 2.58 bits per heavy atom. The van der Waals surface area contributed by atoms with Crippen molar-refractivity contribution in [2.24, 2.45) is 5.92 Å². The molecule has 0 bridgehead atoms. The summed E-state index contributed by atoms with van der Waals surface area (Å²) in [6.45, 7) is 2.48. The minimum Gasteiger partial charge on any atom is -0.391 e. The highest BCUT2D eigenvalue weighted by molar-refractivity contribution is 5.93. The quantitative estimate of drug-likeness (QED) is 0.870. The summed E-state index contributed by atoms with van der Waals surface area (Å²) in [7, 11) is 1.75. The first-order chi connectivity index (χ1) is 11.6. The number of anilines is 2. The van der Waals surface area contributed by atoms with Gasteiger partial charge in [0.05, 0.1) is 17.5 Å². The number of para-hydroxylation sites is 2. The maximum Gasteiger partial charge on any atom is 0.321 e. The summed E-state index contributed by atoms with van der Waals surface area (Å²) in [5.74, 6) is 0.379. The molecule has 2 N–H and O–H groups in total. The molecule has 1 aliphatic heterocycles. The Kier molecular flexibility index (Phi) is 5.61. The third kappa shape index (κ3) is 4.41. The first-order valence-corrected chi connectivity index (χ1v) is 9.19. The van der Waals surface area contributed by atoms with E-state index < -0.39 is 6.10 Å². The van der Waals surface area contributed by atoms with Crippen LogP contribution in [-0.2, 0) is 0 Å². The number of rotatable bonds is 5. The van der Waals surface area contributed by atoms with Gasteiger partial charge in [0, 0.05) is 26.7 Å². The number of nitrogens with one attached hydrogen (secondary N) is 1. The first-order valence-electron chi connectivity index (χ1n) is 9.19. The highest BCUT2D eigenvalue weighted by Crippen LogP contribution is 2.33. The minimum atomic E-state index is -0.401. The lowest BCUT2D eigenvalue weighted by Crippen LogP contribution is -2.38. The second-order valence-electron chi connectivity index (χ2n) is 7.13. The molecule has 1 aromatic rings. The first kappa shape index (κ1) is 17.1. The van der Waals surface area contributed by atoms with E-state index >= 15 is 0 Å². The molecule has 5 heteroatoms. The number of benzene rings is 1. The van der Waals surface area contributed by atoms with E-state index in [-0.39, 0.29) is 6.03 Å². The van der Waals surface area contributed by atoms with Gasteiger partial charge in [0.15, 0.2) is 0 Å². The van der Waals surface area contributed by atoms with Crippen LogP contribution in [0.3, 0.4) is 0 Å². The normalized spacial score (nSPS) is 19.5. The predicted octanol–water partition coefficient (Wildman–Crippen LogP) is 3.30. The van der Waals surface area contributed by atoms with Gasteiger partial charge < -0.3 is 20.2 Å². The number of aliphatic hydroxyl groups is 1. The van der Waals surface area contributed by atoms with Gasteiger partial charge in [-0.1, -0.05) is 25.0 Å². The molecule has 5 nitrogen and oxygen atoms in total. The third-order valence-electron chi connectivity index (χ3n) is 5.07. The van der Waals surface area contributed by atoms with Crippen molar-refractivity contribution >= 4 is 17.4 Å². The van der Waals surface area contributed by atoms with Crippen LogP contribution in [0, 0.1) is 5.92 Å². The van der Waals surface area contributed by atoms with Crippen LogP contribution in [0.2, 0.25) is 0 Å². The lowest BCUT2D eigenvalue weighted by molar-refractivity contribution is 0.117. The molecule has 1 aliphatic carbocycles. The summed E-state index contributed by atoms with van der Waals surface area (Å²) in [4.78, 5) is 16.4. The van der Waals surface area contributed by atoms with E-state index in [4.69, 9.17) is 0 Å². The molecule has 0 aromatic heterocycles. The van der Waals surface area contributed by atoms with Crippen LogP contribution < -0.4 is 10.2 Å². The monoisotopic (exact) mass is 331 g/mol. The van der Waals surface area contributed by atoms with E-state index in [2.05, 4.69) is 16.3 Å². The Morgan fingerprint density at radius 2 is 1.92 bits per heavy atom. The number of amides is 2. The van der Waals surface area contributed by atoms with E-state index in [0.717, 1.165) is 37.3 Å². The summed E-state index contributed by atoms with van der Waals surface area (Å²) in [5, 5.41) is 13.1. The lowest BCUT2D eigenvalue weighted by atomic mass is 10.2. The molecule has 0 radical (unpaired) electrons. The average molecular weight is 331 g/mol. The fourth-order valence-corrected chi connectivity index (χ4v) is 3.37. The molecule has 1 saturated heterocycles. The fourth-order valence-electron chi connectivity index (χ4n) is 3.37. The summed E-state index contributed by atoms with van der Waals surface area (Å²) < 4.78 is 0. The third-order valence-corrected chi connectivity index (χ3v) is 5.07. The molecule has 2 aliphatic rings. The van der Waals surface area contributed by atoms with E-state index in [0.29, 0.717) is 12.5 Å². The molecule has 2 fully saturated rings. The smallest absolute Gasteiger partial charge is 0.321 e. The largest absolute Gasteiger partial charge is 0.391 e. The molecule has 3 rings (SSSR count). The molecule has 1 aromatic carbocycles. The molecular weight excluding hydrogens is 302 g/mol. The van der Waals surface area contributed by atoms with Gasteiger partial charge in [-0.05, 0) is 43.7 Å². The van der Waals surface area contributed by atoms with Gasteiger partial charge in [0.25, 0.3) is 0 Å². The van der Waals surface area contributed by atoms with Gasteiger partial charge in [-0.25, -0.2) is 4.79 Å². The molecule has 1 heterocycles. The SMILES string of the molecule is CN(CC(O)C1CC1)C(=O)Nc1ccccc1N1CCCCCC1. The van der Waals surface area contributed by atoms with Gasteiger partial charge in [-0.2, -0.15) is 0 Å². The molecule has 2 amide bonds. The van der Waals surface area contributed by atoms with Crippen LogP contribution in [0.5, 0.6) is 0 Å². The van der Waals surface area contributed by atoms with Gasteiger partial charge in [-0.15, -0.1) is 0 Å². The van der Waals surface area contributed by atoms with Gasteiger partial charge >= 0.3 is 6.03 Å². The van der Waals surface area contributed by atoms with Crippen LogP contribution in [-0.4, -0.2) is 48.8 Å². The zero-order chi connectivity index (χ0) is 16.9. The zero-order valence-corrected chi connectivity index (χ0v) is 14.6. The van der Waals surface area contributed by atoms with Crippen molar-refractivity contribution in [2.45, 2.75) is 44.6 Å². The molecule has 24 heavy (non-hydrogen) atoms. The molecule has 1 atom stereocenters. The van der Waals surface area contributed by atoms with Crippen LogP contribution in [0.15, 0.2) is 24.3 Å². The molecule has 1 saturated carbocycles. The topological polar surface area (TPSA) is 55.8 Å². The number of hydrogen-bond acceptors (Lipinski definition) is 3. The number of carbonyl (C=O) groups is 1. The Hall–Kier alpha value is -1.75. The van der Waals surface area contributed by atoms with Crippen molar-refractivity contribution in [3.63, 3.8) is 0 Å². The average Bonchev–Trinajstić information content (AvgIpc) is 3.42. The standard InChI is InChI=1S/C19H29N3O2/c1-21(14-18(23)15-10-11-15)19(24)20-16-8-4-5-9-17(16)22-12-6-2-3-7-13-22/h4-5,8-9,15,18,23H,2-3,6-7,10-14H2,1H3,(H,20,24). The van der Waals surface area contributed by atoms with Crippen LogP contribution in [0.25, 0.3) is 0 Å². The maximum absolute atomic E-state index is 12.5. The highest BCUT2D eigenvalue weighted by atomic mass is 16.3. The summed E-state index contributed by atoms with van der Waals surface area (Å²) in [5.41, 5.74) is 1.96. The molecule has 1 unspecified atom stereocenters. The van der Waals surface area contributed by atoms with Gasteiger partial charge in [0.1, 0.15) is 0 Å². The zero-order valence-electron chi connectivity index (χ0n) is 14.6. The number of nitrogens with zero attached hydrogens (tertiary/aromatic N) is 2. The Balaban J connectivity index is 1.64. The van der Waals surface area contributed by atoms with Crippen LogP contribution in [0.1, 0.15) is 38.5 Å². The summed E-state index contributed by atoms with van der Waals surface area (Å²) in [6.07, 6.45) is 6.73. The highest BCUT2D eigenvalue weighted by Gasteiger charge is 2.31. The lowest BCUT2D eigenvalue weighted by Gasteiger charge is -2.27. The Labute approximate surface area is 144 Å². The number of hydrogen-bond donors (Lipinski definition) is 2. The number of urea groups is 1. The number of likely N-dealkylation sites (N-methyl/N-ethyl adjacent to an activating group) is 1.